The normalized spacial score (nSPS) is 35.5. The van der Waals surface area contributed by atoms with Gasteiger partial charge >= 0.3 is 0 Å². The molecule has 0 saturated carbocycles. The van der Waals surface area contributed by atoms with Gasteiger partial charge in [0.25, 0.3) is 0 Å². The molecule has 1 heterocycles. The van der Waals surface area contributed by atoms with Crippen molar-refractivity contribution in [2.75, 3.05) is 7.05 Å². The summed E-state index contributed by atoms with van der Waals surface area (Å²) in [6, 6.07) is 0.615. The summed E-state index contributed by atoms with van der Waals surface area (Å²) in [6.07, 6.45) is 4.76. The van der Waals surface area contributed by atoms with Crippen LogP contribution in [-0.4, -0.2) is 25.3 Å². The summed E-state index contributed by atoms with van der Waals surface area (Å²) in [6.45, 7) is 11.4. The highest BCUT2D eigenvalue weighted by atomic mass is 16.5. The Morgan fingerprint density at radius 3 is 2.12 bits per heavy atom. The van der Waals surface area contributed by atoms with Crippen LogP contribution >= 0.6 is 0 Å². The van der Waals surface area contributed by atoms with E-state index in [4.69, 9.17) is 4.74 Å². The average Bonchev–Trinajstić information content (AvgIpc) is 2.49. The summed E-state index contributed by atoms with van der Waals surface area (Å²) >= 11 is 0. The number of nitrogens with one attached hydrogen (secondary N) is 1. The maximum Gasteiger partial charge on any atom is 0.0597 e. The zero-order chi connectivity index (χ0) is 13.0. The van der Waals surface area contributed by atoms with E-state index in [1.807, 2.05) is 0 Å². The van der Waals surface area contributed by atoms with E-state index >= 15 is 0 Å². The molecule has 0 radical (unpaired) electrons. The van der Waals surface area contributed by atoms with Crippen molar-refractivity contribution < 1.29 is 4.74 Å². The molecule has 0 aromatic heterocycles. The molecule has 1 rings (SSSR count). The van der Waals surface area contributed by atoms with Crippen molar-refractivity contribution in [2.45, 2.75) is 72.1 Å². The lowest BCUT2D eigenvalue weighted by molar-refractivity contribution is 0.0474. The van der Waals surface area contributed by atoms with E-state index in [1.54, 1.807) is 0 Å². The number of rotatable bonds is 6. The van der Waals surface area contributed by atoms with E-state index in [-0.39, 0.29) is 0 Å². The minimum absolute atomic E-state index is 0.400. The average molecular weight is 241 g/mol. The molecule has 5 atom stereocenters. The maximum atomic E-state index is 5.96. The molecular weight excluding hydrogens is 210 g/mol. The second kappa shape index (κ2) is 6.75. The quantitative estimate of drug-likeness (QED) is 0.769. The minimum atomic E-state index is 0.400. The van der Waals surface area contributed by atoms with Crippen LogP contribution in [0.5, 0.6) is 0 Å². The van der Waals surface area contributed by atoms with Gasteiger partial charge in [0.15, 0.2) is 0 Å². The van der Waals surface area contributed by atoms with Crippen molar-refractivity contribution in [2.24, 2.45) is 17.8 Å². The second-order valence-electron chi connectivity index (χ2n) is 6.20. The van der Waals surface area contributed by atoms with Gasteiger partial charge in [-0.2, -0.15) is 0 Å². The molecule has 2 heteroatoms. The molecule has 1 saturated heterocycles. The second-order valence-corrected chi connectivity index (χ2v) is 6.20. The molecule has 0 aromatic carbocycles. The van der Waals surface area contributed by atoms with E-state index < -0.39 is 0 Å². The topological polar surface area (TPSA) is 21.3 Å². The molecule has 1 aliphatic rings. The summed E-state index contributed by atoms with van der Waals surface area (Å²) in [7, 11) is 2.10. The Morgan fingerprint density at radius 2 is 1.71 bits per heavy atom. The van der Waals surface area contributed by atoms with Crippen molar-refractivity contribution in [3.8, 4) is 0 Å². The van der Waals surface area contributed by atoms with Gasteiger partial charge in [0.1, 0.15) is 0 Å². The van der Waals surface area contributed by atoms with Crippen molar-refractivity contribution in [3.05, 3.63) is 0 Å². The van der Waals surface area contributed by atoms with Crippen LogP contribution in [0, 0.1) is 17.8 Å². The highest BCUT2D eigenvalue weighted by Crippen LogP contribution is 2.35. The molecule has 2 nitrogen and oxygen atoms in total. The zero-order valence-corrected chi connectivity index (χ0v) is 12.5. The number of hydrogen-bond donors (Lipinski definition) is 1. The van der Waals surface area contributed by atoms with Gasteiger partial charge in [0, 0.05) is 12.0 Å². The third-order valence-corrected chi connectivity index (χ3v) is 4.45. The lowest BCUT2D eigenvalue weighted by atomic mass is 9.81. The Balaban J connectivity index is 2.49. The first-order valence-corrected chi connectivity index (χ1v) is 7.30. The first-order valence-electron chi connectivity index (χ1n) is 7.30. The van der Waals surface area contributed by atoms with Crippen molar-refractivity contribution >= 4 is 0 Å². The van der Waals surface area contributed by atoms with Crippen LogP contribution < -0.4 is 5.32 Å². The lowest BCUT2D eigenvalue weighted by Crippen LogP contribution is -2.40. The smallest absolute Gasteiger partial charge is 0.0597 e. The summed E-state index contributed by atoms with van der Waals surface area (Å²) in [5.41, 5.74) is 0. The van der Waals surface area contributed by atoms with Crippen LogP contribution in [0.2, 0.25) is 0 Å². The first-order chi connectivity index (χ1) is 7.97. The fourth-order valence-corrected chi connectivity index (χ4v) is 3.26. The summed E-state index contributed by atoms with van der Waals surface area (Å²) in [5.74, 6) is 2.16. The summed E-state index contributed by atoms with van der Waals surface area (Å²) < 4.78 is 5.96. The molecule has 0 amide bonds. The summed E-state index contributed by atoms with van der Waals surface area (Å²) in [5, 5.41) is 3.52. The maximum absolute atomic E-state index is 5.96. The predicted molar refractivity (Wildman–Crippen MR) is 74.2 cm³/mol. The monoisotopic (exact) mass is 241 g/mol. The van der Waals surface area contributed by atoms with Crippen molar-refractivity contribution in [3.63, 3.8) is 0 Å². The molecule has 0 spiro atoms. The summed E-state index contributed by atoms with van der Waals surface area (Å²) in [4.78, 5) is 0. The first kappa shape index (κ1) is 15.0. The van der Waals surface area contributed by atoms with Gasteiger partial charge in [0.2, 0.25) is 0 Å². The van der Waals surface area contributed by atoms with E-state index in [0.29, 0.717) is 30.1 Å². The highest BCUT2D eigenvalue weighted by Gasteiger charge is 2.40. The van der Waals surface area contributed by atoms with E-state index in [1.165, 1.54) is 19.3 Å². The van der Waals surface area contributed by atoms with Crippen molar-refractivity contribution in [1.29, 1.82) is 0 Å². The fourth-order valence-electron chi connectivity index (χ4n) is 3.26. The van der Waals surface area contributed by atoms with Crippen LogP contribution in [0.1, 0.15) is 53.9 Å². The Morgan fingerprint density at radius 1 is 1.06 bits per heavy atom. The number of ether oxygens (including phenoxy) is 1. The van der Waals surface area contributed by atoms with Gasteiger partial charge in [0.05, 0.1) is 12.2 Å². The highest BCUT2D eigenvalue weighted by molar-refractivity contribution is 4.91. The fraction of sp³-hybridized carbons (Fsp3) is 1.00. The third kappa shape index (κ3) is 3.96. The van der Waals surface area contributed by atoms with Gasteiger partial charge in [-0.3, -0.25) is 0 Å². The van der Waals surface area contributed by atoms with Gasteiger partial charge < -0.3 is 10.1 Å². The van der Waals surface area contributed by atoms with Crippen molar-refractivity contribution in [1.82, 2.24) is 5.32 Å². The Labute approximate surface area is 108 Å². The molecule has 1 aliphatic heterocycles. The van der Waals surface area contributed by atoms with Crippen LogP contribution in [0.15, 0.2) is 0 Å². The molecule has 102 valence electrons. The Kier molecular flexibility index (Phi) is 5.94. The van der Waals surface area contributed by atoms with Crippen LogP contribution in [0.4, 0.5) is 0 Å². The molecule has 0 aromatic rings. The standard InChI is InChI=1S/C15H31NO/c1-10(2)8-7-9-14(16-6)15-11(3)12(4)17-13(15)5/h10-16H,7-9H2,1-6H3. The van der Waals surface area contributed by atoms with E-state index in [0.717, 1.165) is 5.92 Å². The van der Waals surface area contributed by atoms with Gasteiger partial charge in [-0.15, -0.1) is 0 Å². The van der Waals surface area contributed by atoms with E-state index in [9.17, 15) is 0 Å². The minimum Gasteiger partial charge on any atom is -0.375 e. The third-order valence-electron chi connectivity index (χ3n) is 4.45. The largest absolute Gasteiger partial charge is 0.375 e. The van der Waals surface area contributed by atoms with Crippen LogP contribution in [0.3, 0.4) is 0 Å². The molecule has 17 heavy (non-hydrogen) atoms. The molecule has 0 aliphatic carbocycles. The lowest BCUT2D eigenvalue weighted by Gasteiger charge is -2.29. The molecule has 5 unspecified atom stereocenters. The molecule has 0 bridgehead atoms. The molecule has 1 N–H and O–H groups in total. The van der Waals surface area contributed by atoms with Gasteiger partial charge in [-0.05, 0) is 39.2 Å². The number of hydrogen-bond acceptors (Lipinski definition) is 2. The van der Waals surface area contributed by atoms with Gasteiger partial charge in [-0.25, -0.2) is 0 Å². The molecule has 1 fully saturated rings. The Bertz CT molecular complexity index is 217. The SMILES string of the molecule is CNC(CCCC(C)C)C1C(C)OC(C)C1C. The zero-order valence-electron chi connectivity index (χ0n) is 12.5. The molecular formula is C15H31NO. The van der Waals surface area contributed by atoms with Gasteiger partial charge in [-0.1, -0.05) is 33.6 Å². The Hall–Kier alpha value is -0.0800. The van der Waals surface area contributed by atoms with Crippen LogP contribution in [-0.2, 0) is 4.74 Å². The van der Waals surface area contributed by atoms with E-state index in [2.05, 4.69) is 47.0 Å². The van der Waals surface area contributed by atoms with Crippen LogP contribution in [0.25, 0.3) is 0 Å². The predicted octanol–water partition coefficient (Wildman–Crippen LogP) is 3.46.